The fourth-order valence-electron chi connectivity index (χ4n) is 2.08. The smallest absolute Gasteiger partial charge is 0.0917 e. The zero-order valence-electron chi connectivity index (χ0n) is 12.9. The van der Waals surface area contributed by atoms with E-state index in [-0.39, 0.29) is 0 Å². The second-order valence-electron chi connectivity index (χ2n) is 5.34. The normalized spacial score (nSPS) is 10.2. The van der Waals surface area contributed by atoms with Crippen LogP contribution in [0.15, 0.2) is 60.9 Å². The van der Waals surface area contributed by atoms with E-state index in [9.17, 15) is 0 Å². The summed E-state index contributed by atoms with van der Waals surface area (Å²) in [5.41, 5.74) is 5.18. The first-order valence-corrected chi connectivity index (χ1v) is 7.47. The Hall–Kier alpha value is -2.22. The Morgan fingerprint density at radius 1 is 0.810 bits per heavy atom. The molecule has 2 nitrogen and oxygen atoms in total. The Balaban J connectivity index is 1.75. The fourth-order valence-corrected chi connectivity index (χ4v) is 2.08. The molecule has 0 aromatic heterocycles. The van der Waals surface area contributed by atoms with E-state index in [1.807, 2.05) is 0 Å². The second-order valence-corrected chi connectivity index (χ2v) is 5.34. The van der Waals surface area contributed by atoms with Crippen molar-refractivity contribution in [3.05, 3.63) is 83.2 Å². The molecule has 110 valence electrons. The number of rotatable bonds is 7. The van der Waals surface area contributed by atoms with E-state index in [2.05, 4.69) is 79.6 Å². The SMILES string of the molecule is C=C(NCc1ccc(C)cc1)NCc1ccc(CC)cc1. The lowest BCUT2D eigenvalue weighted by Gasteiger charge is -2.12. The molecule has 0 bridgehead atoms. The van der Waals surface area contributed by atoms with E-state index in [1.165, 1.54) is 22.3 Å². The van der Waals surface area contributed by atoms with Gasteiger partial charge in [-0.25, -0.2) is 0 Å². The molecule has 0 heterocycles. The summed E-state index contributed by atoms with van der Waals surface area (Å²) in [7, 11) is 0. The summed E-state index contributed by atoms with van der Waals surface area (Å²) in [6, 6.07) is 17.2. The summed E-state index contributed by atoms with van der Waals surface area (Å²) >= 11 is 0. The molecule has 0 atom stereocenters. The van der Waals surface area contributed by atoms with E-state index < -0.39 is 0 Å². The second kappa shape index (κ2) is 7.53. The van der Waals surface area contributed by atoms with Crippen molar-refractivity contribution in [2.45, 2.75) is 33.4 Å². The molecule has 2 aromatic rings. The fraction of sp³-hybridized carbons (Fsp3) is 0.263. The Bertz CT molecular complexity index is 568. The van der Waals surface area contributed by atoms with Gasteiger partial charge in [0.05, 0.1) is 5.82 Å². The molecule has 0 spiro atoms. The van der Waals surface area contributed by atoms with Crippen LogP contribution in [0.25, 0.3) is 0 Å². The lowest BCUT2D eigenvalue weighted by Crippen LogP contribution is -2.24. The number of hydrogen-bond donors (Lipinski definition) is 2. The van der Waals surface area contributed by atoms with Gasteiger partial charge in [-0.15, -0.1) is 0 Å². The van der Waals surface area contributed by atoms with Gasteiger partial charge in [0.1, 0.15) is 0 Å². The van der Waals surface area contributed by atoms with Gasteiger partial charge in [0.2, 0.25) is 0 Å². The lowest BCUT2D eigenvalue weighted by atomic mass is 10.1. The summed E-state index contributed by atoms with van der Waals surface area (Å²) < 4.78 is 0. The molecule has 0 saturated heterocycles. The molecule has 2 rings (SSSR count). The van der Waals surface area contributed by atoms with Crippen LogP contribution in [0.4, 0.5) is 0 Å². The maximum absolute atomic E-state index is 4.01. The van der Waals surface area contributed by atoms with Gasteiger partial charge in [-0.05, 0) is 30.0 Å². The van der Waals surface area contributed by atoms with Crippen LogP contribution in [-0.4, -0.2) is 0 Å². The van der Waals surface area contributed by atoms with Crippen molar-refractivity contribution < 1.29 is 0 Å². The number of nitrogens with one attached hydrogen (secondary N) is 2. The van der Waals surface area contributed by atoms with Crippen molar-refractivity contribution in [3.8, 4) is 0 Å². The average molecular weight is 280 g/mol. The van der Waals surface area contributed by atoms with Gasteiger partial charge in [0.15, 0.2) is 0 Å². The van der Waals surface area contributed by atoms with Crippen LogP contribution in [0.3, 0.4) is 0 Å². The van der Waals surface area contributed by atoms with Crippen LogP contribution in [0, 0.1) is 6.92 Å². The first kappa shape index (κ1) is 15.2. The summed E-state index contributed by atoms with van der Waals surface area (Å²) in [6.07, 6.45) is 1.08. The number of aryl methyl sites for hydroxylation is 2. The Kier molecular flexibility index (Phi) is 5.44. The average Bonchev–Trinajstić information content (AvgIpc) is 2.53. The lowest BCUT2D eigenvalue weighted by molar-refractivity contribution is 0.685. The van der Waals surface area contributed by atoms with Crippen molar-refractivity contribution in [3.63, 3.8) is 0 Å². The summed E-state index contributed by atoms with van der Waals surface area (Å²) in [4.78, 5) is 0. The molecular weight excluding hydrogens is 256 g/mol. The molecule has 0 aliphatic heterocycles. The van der Waals surface area contributed by atoms with Crippen molar-refractivity contribution in [2.24, 2.45) is 0 Å². The Labute approximate surface area is 127 Å². The monoisotopic (exact) mass is 280 g/mol. The van der Waals surface area contributed by atoms with Gasteiger partial charge < -0.3 is 10.6 Å². The van der Waals surface area contributed by atoms with Crippen LogP contribution in [0.2, 0.25) is 0 Å². The molecule has 0 aliphatic rings. The molecular formula is C19H24N2. The summed E-state index contributed by atoms with van der Waals surface area (Å²) in [5, 5.41) is 6.62. The highest BCUT2D eigenvalue weighted by Crippen LogP contribution is 2.06. The van der Waals surface area contributed by atoms with E-state index >= 15 is 0 Å². The minimum absolute atomic E-state index is 0.793. The molecule has 21 heavy (non-hydrogen) atoms. The molecule has 0 amide bonds. The van der Waals surface area contributed by atoms with Gasteiger partial charge >= 0.3 is 0 Å². The van der Waals surface area contributed by atoms with Gasteiger partial charge in [0.25, 0.3) is 0 Å². The summed E-state index contributed by atoms with van der Waals surface area (Å²) in [5.74, 6) is 0.857. The topological polar surface area (TPSA) is 24.1 Å². The van der Waals surface area contributed by atoms with Crippen LogP contribution >= 0.6 is 0 Å². The third-order valence-electron chi connectivity index (χ3n) is 3.56. The van der Waals surface area contributed by atoms with Gasteiger partial charge in [-0.2, -0.15) is 0 Å². The highest BCUT2D eigenvalue weighted by atomic mass is 15.1. The zero-order valence-corrected chi connectivity index (χ0v) is 12.9. The molecule has 0 fully saturated rings. The quantitative estimate of drug-likeness (QED) is 0.803. The maximum Gasteiger partial charge on any atom is 0.0917 e. The first-order valence-electron chi connectivity index (χ1n) is 7.47. The van der Waals surface area contributed by atoms with Gasteiger partial charge in [0, 0.05) is 13.1 Å². The predicted octanol–water partition coefficient (Wildman–Crippen LogP) is 3.91. The number of hydrogen-bond acceptors (Lipinski definition) is 2. The van der Waals surface area contributed by atoms with Crippen molar-refractivity contribution >= 4 is 0 Å². The zero-order chi connectivity index (χ0) is 15.1. The molecule has 2 N–H and O–H groups in total. The Morgan fingerprint density at radius 3 is 1.71 bits per heavy atom. The van der Waals surface area contributed by atoms with Crippen LogP contribution in [0.1, 0.15) is 29.2 Å². The molecule has 0 unspecified atom stereocenters. The van der Waals surface area contributed by atoms with Crippen LogP contribution in [-0.2, 0) is 19.5 Å². The van der Waals surface area contributed by atoms with E-state index in [1.54, 1.807) is 0 Å². The van der Waals surface area contributed by atoms with Gasteiger partial charge in [-0.3, -0.25) is 0 Å². The third-order valence-corrected chi connectivity index (χ3v) is 3.56. The number of benzene rings is 2. The predicted molar refractivity (Wildman–Crippen MR) is 89.8 cm³/mol. The molecule has 0 aliphatic carbocycles. The van der Waals surface area contributed by atoms with E-state index in [4.69, 9.17) is 0 Å². The molecule has 0 saturated carbocycles. The largest absolute Gasteiger partial charge is 0.368 e. The van der Waals surface area contributed by atoms with Crippen LogP contribution in [0.5, 0.6) is 0 Å². The van der Waals surface area contributed by atoms with Gasteiger partial charge in [-0.1, -0.05) is 67.6 Å². The molecule has 2 aromatic carbocycles. The van der Waals surface area contributed by atoms with Crippen molar-refractivity contribution in [2.75, 3.05) is 0 Å². The van der Waals surface area contributed by atoms with Crippen LogP contribution < -0.4 is 10.6 Å². The third kappa shape index (κ3) is 4.99. The minimum Gasteiger partial charge on any atom is -0.368 e. The standard InChI is InChI=1S/C19H24N2/c1-4-17-9-11-19(12-10-17)14-21-16(3)20-13-18-7-5-15(2)6-8-18/h5-12,20-21H,3-4,13-14H2,1-2H3. The van der Waals surface area contributed by atoms with E-state index in [0.717, 1.165) is 25.3 Å². The Morgan fingerprint density at radius 2 is 1.24 bits per heavy atom. The highest BCUT2D eigenvalue weighted by molar-refractivity contribution is 5.23. The molecule has 0 radical (unpaired) electrons. The highest BCUT2D eigenvalue weighted by Gasteiger charge is 1.97. The molecule has 2 heteroatoms. The van der Waals surface area contributed by atoms with Crippen molar-refractivity contribution in [1.82, 2.24) is 10.6 Å². The minimum atomic E-state index is 0.793. The maximum atomic E-state index is 4.01. The van der Waals surface area contributed by atoms with Crippen molar-refractivity contribution in [1.29, 1.82) is 0 Å². The first-order chi connectivity index (χ1) is 10.2. The summed E-state index contributed by atoms with van der Waals surface area (Å²) in [6.45, 7) is 9.87. The van der Waals surface area contributed by atoms with E-state index in [0.29, 0.717) is 0 Å².